The van der Waals surface area contributed by atoms with E-state index in [9.17, 15) is 0 Å². The molecule has 0 radical (unpaired) electrons. The molecule has 1 aliphatic rings. The van der Waals surface area contributed by atoms with Gasteiger partial charge in [0.15, 0.2) is 5.82 Å². The molecule has 134 valence electrons. The fraction of sp³-hybridized carbons (Fsp3) is 0.391. The van der Waals surface area contributed by atoms with Crippen LogP contribution in [0.3, 0.4) is 0 Å². The zero-order valence-electron chi connectivity index (χ0n) is 16.2. The van der Waals surface area contributed by atoms with E-state index in [2.05, 4.69) is 75.2 Å². The van der Waals surface area contributed by atoms with E-state index in [0.29, 0.717) is 0 Å². The van der Waals surface area contributed by atoms with Gasteiger partial charge in [0.2, 0.25) is 0 Å². The van der Waals surface area contributed by atoms with Crippen molar-refractivity contribution in [1.82, 2.24) is 9.97 Å². The molecular weight excluding hydrogens is 318 g/mol. The Hall–Kier alpha value is -2.42. The third kappa shape index (κ3) is 3.44. The van der Waals surface area contributed by atoms with Crippen molar-refractivity contribution in [2.75, 3.05) is 18.5 Å². The van der Waals surface area contributed by atoms with Gasteiger partial charge in [-0.3, -0.25) is 0 Å². The standard InChI is InChI=1S/C23H27N3/c1-23(2,3)18-13-11-17(12-14-18)21-24-20-8-6-5-7-19(20)22(25-21)26(4)15-16-9-10-16/h5-8,11-14,16H,9-10,15H2,1-4H3. The first-order valence-corrected chi connectivity index (χ1v) is 9.50. The van der Waals surface area contributed by atoms with E-state index < -0.39 is 0 Å². The van der Waals surface area contributed by atoms with Crippen LogP contribution in [0.2, 0.25) is 0 Å². The summed E-state index contributed by atoms with van der Waals surface area (Å²) in [7, 11) is 2.15. The molecule has 1 aromatic heterocycles. The maximum Gasteiger partial charge on any atom is 0.162 e. The Kier molecular flexibility index (Phi) is 4.18. The predicted octanol–water partition coefficient (Wildman–Crippen LogP) is 5.44. The molecule has 0 amide bonds. The Morgan fingerprint density at radius 2 is 1.65 bits per heavy atom. The summed E-state index contributed by atoms with van der Waals surface area (Å²) < 4.78 is 0. The van der Waals surface area contributed by atoms with Crippen LogP contribution in [-0.4, -0.2) is 23.6 Å². The summed E-state index contributed by atoms with van der Waals surface area (Å²) in [6, 6.07) is 17.0. The predicted molar refractivity (Wildman–Crippen MR) is 110 cm³/mol. The van der Waals surface area contributed by atoms with E-state index in [1.54, 1.807) is 0 Å². The minimum Gasteiger partial charge on any atom is -0.359 e. The number of hydrogen-bond acceptors (Lipinski definition) is 3. The van der Waals surface area contributed by atoms with Gasteiger partial charge in [0.1, 0.15) is 5.82 Å². The number of fused-ring (bicyclic) bond motifs is 1. The number of nitrogens with zero attached hydrogens (tertiary/aromatic N) is 3. The van der Waals surface area contributed by atoms with Crippen LogP contribution >= 0.6 is 0 Å². The molecule has 2 aromatic carbocycles. The minimum atomic E-state index is 0.151. The van der Waals surface area contributed by atoms with Gasteiger partial charge in [-0.25, -0.2) is 9.97 Å². The molecule has 1 saturated carbocycles. The lowest BCUT2D eigenvalue weighted by Gasteiger charge is -2.21. The van der Waals surface area contributed by atoms with E-state index in [4.69, 9.17) is 9.97 Å². The Bertz CT molecular complexity index is 918. The third-order valence-electron chi connectivity index (χ3n) is 5.18. The molecule has 0 unspecified atom stereocenters. The Balaban J connectivity index is 1.77. The molecule has 0 spiro atoms. The van der Waals surface area contributed by atoms with Crippen LogP contribution in [0.15, 0.2) is 48.5 Å². The fourth-order valence-electron chi connectivity index (χ4n) is 3.37. The molecule has 0 bridgehead atoms. The Labute approximate surface area is 156 Å². The Morgan fingerprint density at radius 3 is 2.31 bits per heavy atom. The maximum absolute atomic E-state index is 4.96. The van der Waals surface area contributed by atoms with Gasteiger partial charge in [-0.1, -0.05) is 57.2 Å². The quantitative estimate of drug-likeness (QED) is 0.630. The van der Waals surface area contributed by atoms with Gasteiger partial charge < -0.3 is 4.90 Å². The van der Waals surface area contributed by atoms with Crippen LogP contribution in [0.25, 0.3) is 22.3 Å². The lowest BCUT2D eigenvalue weighted by molar-refractivity contribution is 0.590. The second kappa shape index (κ2) is 6.39. The molecule has 3 nitrogen and oxygen atoms in total. The van der Waals surface area contributed by atoms with E-state index in [0.717, 1.165) is 40.6 Å². The lowest BCUT2D eigenvalue weighted by Crippen LogP contribution is -2.21. The summed E-state index contributed by atoms with van der Waals surface area (Å²) in [4.78, 5) is 12.1. The summed E-state index contributed by atoms with van der Waals surface area (Å²) in [5.41, 5.74) is 3.56. The maximum atomic E-state index is 4.96. The zero-order chi connectivity index (χ0) is 18.3. The first kappa shape index (κ1) is 17.0. The highest BCUT2D eigenvalue weighted by Crippen LogP contribution is 2.33. The third-order valence-corrected chi connectivity index (χ3v) is 5.18. The molecule has 0 N–H and O–H groups in total. The number of para-hydroxylation sites is 1. The van der Waals surface area contributed by atoms with Crippen LogP contribution in [0.4, 0.5) is 5.82 Å². The van der Waals surface area contributed by atoms with Crippen molar-refractivity contribution in [2.45, 2.75) is 39.0 Å². The highest BCUT2D eigenvalue weighted by atomic mass is 15.2. The van der Waals surface area contributed by atoms with Gasteiger partial charge >= 0.3 is 0 Å². The van der Waals surface area contributed by atoms with Crippen molar-refractivity contribution in [2.24, 2.45) is 5.92 Å². The van der Waals surface area contributed by atoms with E-state index in [-0.39, 0.29) is 5.41 Å². The molecule has 1 heterocycles. The van der Waals surface area contributed by atoms with Crippen molar-refractivity contribution in [3.05, 3.63) is 54.1 Å². The molecule has 0 saturated heterocycles. The van der Waals surface area contributed by atoms with Gasteiger partial charge in [-0.2, -0.15) is 0 Å². The normalized spacial score (nSPS) is 14.6. The highest BCUT2D eigenvalue weighted by molar-refractivity contribution is 5.91. The SMILES string of the molecule is CN(CC1CC1)c1nc(-c2ccc(C(C)(C)C)cc2)nc2ccccc12. The van der Waals surface area contributed by atoms with Gasteiger partial charge in [-0.05, 0) is 41.9 Å². The first-order valence-electron chi connectivity index (χ1n) is 9.50. The van der Waals surface area contributed by atoms with Crippen LogP contribution < -0.4 is 4.90 Å². The number of aromatic nitrogens is 2. The van der Waals surface area contributed by atoms with Crippen LogP contribution in [0.1, 0.15) is 39.2 Å². The molecule has 3 aromatic rings. The van der Waals surface area contributed by atoms with Gasteiger partial charge in [0.25, 0.3) is 0 Å². The summed E-state index contributed by atoms with van der Waals surface area (Å²) in [5.74, 6) is 2.67. The smallest absolute Gasteiger partial charge is 0.162 e. The largest absolute Gasteiger partial charge is 0.359 e. The lowest BCUT2D eigenvalue weighted by atomic mass is 9.87. The summed E-state index contributed by atoms with van der Waals surface area (Å²) in [6.45, 7) is 7.78. The molecule has 3 heteroatoms. The van der Waals surface area contributed by atoms with Crippen molar-refractivity contribution in [3.63, 3.8) is 0 Å². The highest BCUT2D eigenvalue weighted by Gasteiger charge is 2.24. The molecule has 26 heavy (non-hydrogen) atoms. The van der Waals surface area contributed by atoms with Gasteiger partial charge in [-0.15, -0.1) is 0 Å². The average Bonchev–Trinajstić information content (AvgIpc) is 3.44. The molecule has 1 fully saturated rings. The molecule has 0 aliphatic heterocycles. The zero-order valence-corrected chi connectivity index (χ0v) is 16.2. The summed E-state index contributed by atoms with van der Waals surface area (Å²) in [6.07, 6.45) is 2.68. The number of benzene rings is 2. The molecule has 0 atom stereocenters. The second-order valence-corrected chi connectivity index (χ2v) is 8.54. The summed E-state index contributed by atoms with van der Waals surface area (Å²) in [5, 5.41) is 1.13. The van der Waals surface area contributed by atoms with Crippen molar-refractivity contribution >= 4 is 16.7 Å². The van der Waals surface area contributed by atoms with Gasteiger partial charge in [0, 0.05) is 24.5 Å². The van der Waals surface area contributed by atoms with E-state index in [1.165, 1.54) is 18.4 Å². The first-order chi connectivity index (χ1) is 12.4. The molecule has 1 aliphatic carbocycles. The number of hydrogen-bond donors (Lipinski definition) is 0. The molecule has 4 rings (SSSR count). The average molecular weight is 345 g/mol. The van der Waals surface area contributed by atoms with Crippen LogP contribution in [0, 0.1) is 5.92 Å². The number of rotatable bonds is 4. The Morgan fingerprint density at radius 1 is 0.962 bits per heavy atom. The van der Waals surface area contributed by atoms with E-state index in [1.807, 2.05) is 6.07 Å². The van der Waals surface area contributed by atoms with Crippen molar-refractivity contribution in [3.8, 4) is 11.4 Å². The van der Waals surface area contributed by atoms with E-state index >= 15 is 0 Å². The fourth-order valence-corrected chi connectivity index (χ4v) is 3.37. The van der Waals surface area contributed by atoms with Crippen molar-refractivity contribution < 1.29 is 0 Å². The van der Waals surface area contributed by atoms with Gasteiger partial charge in [0.05, 0.1) is 5.52 Å². The second-order valence-electron chi connectivity index (χ2n) is 8.54. The minimum absolute atomic E-state index is 0.151. The van der Waals surface area contributed by atoms with Crippen molar-refractivity contribution in [1.29, 1.82) is 0 Å². The van der Waals surface area contributed by atoms with Crippen LogP contribution in [-0.2, 0) is 5.41 Å². The molecular formula is C23H27N3. The van der Waals surface area contributed by atoms with Crippen LogP contribution in [0.5, 0.6) is 0 Å². The monoisotopic (exact) mass is 345 g/mol. The topological polar surface area (TPSA) is 29.0 Å². The summed E-state index contributed by atoms with van der Waals surface area (Å²) >= 11 is 0. The number of anilines is 1.